The van der Waals surface area contributed by atoms with Crippen LogP contribution in [0.4, 0.5) is 0 Å². The summed E-state index contributed by atoms with van der Waals surface area (Å²) in [6.07, 6.45) is 0. The normalized spacial score (nSPS) is 12.2. The summed E-state index contributed by atoms with van der Waals surface area (Å²) in [4.78, 5) is 10.8. The highest BCUT2D eigenvalue weighted by atomic mass is 32.1. The zero-order valence-electron chi connectivity index (χ0n) is 7.67. The molecule has 0 unspecified atom stereocenters. The van der Waals surface area contributed by atoms with Crippen LogP contribution in [0.25, 0.3) is 10.2 Å². The van der Waals surface area contributed by atoms with Crippen LogP contribution in [0.1, 0.15) is 6.92 Å². The van der Waals surface area contributed by atoms with Crippen LogP contribution < -0.4 is 4.80 Å². The van der Waals surface area contributed by atoms with Gasteiger partial charge in [0.05, 0.1) is 15.5 Å². The predicted octanol–water partition coefficient (Wildman–Crippen LogP) is 2.30. The summed E-state index contributed by atoms with van der Waals surface area (Å²) in [5.41, 5.74) is 1.10. The molecule has 0 atom stereocenters. The van der Waals surface area contributed by atoms with E-state index in [9.17, 15) is 4.91 Å². The number of aromatic nitrogens is 1. The van der Waals surface area contributed by atoms with Crippen molar-refractivity contribution in [1.29, 1.82) is 0 Å². The molecule has 0 aliphatic carbocycles. The third-order valence-electron chi connectivity index (χ3n) is 2.03. The highest BCUT2D eigenvalue weighted by molar-refractivity contribution is 7.16. The Morgan fingerprint density at radius 2 is 2.21 bits per heavy atom. The number of thiazole rings is 1. The van der Waals surface area contributed by atoms with Crippen LogP contribution in [0.5, 0.6) is 0 Å². The molecular formula is C9H9N3OS. The van der Waals surface area contributed by atoms with Gasteiger partial charge < -0.3 is 4.57 Å². The van der Waals surface area contributed by atoms with Crippen LogP contribution in [0.3, 0.4) is 0 Å². The average Bonchev–Trinajstić information content (AvgIpc) is 2.55. The molecule has 72 valence electrons. The Hall–Kier alpha value is -1.49. The lowest BCUT2D eigenvalue weighted by Crippen LogP contribution is -2.12. The standard InChI is InChI=1S/C9H9N3OS/c1-2-12-7-5-3-4-6-8(7)14-9(12)10-11-13/h3-6H,2H2,1H3. The van der Waals surface area contributed by atoms with Crippen molar-refractivity contribution in [2.24, 2.45) is 10.4 Å². The second-order valence-corrected chi connectivity index (χ2v) is 3.79. The molecule has 0 spiro atoms. The number of benzene rings is 1. The molecule has 1 heterocycles. The van der Waals surface area contributed by atoms with Crippen LogP contribution in [0.2, 0.25) is 0 Å². The fourth-order valence-electron chi connectivity index (χ4n) is 1.44. The van der Waals surface area contributed by atoms with Gasteiger partial charge in [-0.3, -0.25) is 0 Å². The van der Waals surface area contributed by atoms with E-state index in [1.165, 1.54) is 11.3 Å². The third kappa shape index (κ3) is 1.35. The first-order chi connectivity index (χ1) is 6.86. The van der Waals surface area contributed by atoms with Crippen molar-refractivity contribution in [2.75, 3.05) is 0 Å². The highest BCUT2D eigenvalue weighted by Crippen LogP contribution is 2.16. The maximum absolute atomic E-state index is 10.1. The molecule has 0 aliphatic rings. The SMILES string of the molecule is CCn1c(=NN=O)sc2ccccc21. The lowest BCUT2D eigenvalue weighted by molar-refractivity contribution is 0.755. The van der Waals surface area contributed by atoms with Crippen molar-refractivity contribution in [1.82, 2.24) is 4.57 Å². The Morgan fingerprint density at radius 3 is 2.93 bits per heavy atom. The van der Waals surface area contributed by atoms with Gasteiger partial charge >= 0.3 is 0 Å². The summed E-state index contributed by atoms with van der Waals surface area (Å²) in [5.74, 6) is 0. The zero-order valence-corrected chi connectivity index (χ0v) is 8.49. The van der Waals surface area contributed by atoms with Crippen molar-refractivity contribution in [2.45, 2.75) is 13.5 Å². The molecule has 2 aromatic rings. The third-order valence-corrected chi connectivity index (χ3v) is 3.08. The Balaban J connectivity index is 2.85. The number of nitrogens with zero attached hydrogens (tertiary/aromatic N) is 3. The van der Waals surface area contributed by atoms with Gasteiger partial charge in [-0.1, -0.05) is 28.6 Å². The van der Waals surface area contributed by atoms with Gasteiger partial charge in [-0.25, -0.2) is 0 Å². The number of nitroso groups, excluding NO2 is 1. The van der Waals surface area contributed by atoms with Gasteiger partial charge in [0, 0.05) is 6.54 Å². The number of para-hydroxylation sites is 1. The maximum atomic E-state index is 10.1. The number of aryl methyl sites for hydroxylation is 1. The van der Waals surface area contributed by atoms with Crippen molar-refractivity contribution in [3.05, 3.63) is 34.0 Å². The number of fused-ring (bicyclic) bond motifs is 1. The van der Waals surface area contributed by atoms with Crippen LogP contribution in [0.15, 0.2) is 34.7 Å². The van der Waals surface area contributed by atoms with Crippen molar-refractivity contribution < 1.29 is 0 Å². The first kappa shape index (κ1) is 9.08. The summed E-state index contributed by atoms with van der Waals surface area (Å²) >= 11 is 1.48. The minimum atomic E-state index is 0.656. The average molecular weight is 207 g/mol. The predicted molar refractivity (Wildman–Crippen MR) is 56.8 cm³/mol. The molecule has 0 aliphatic heterocycles. The van der Waals surface area contributed by atoms with Crippen molar-refractivity contribution in [3.8, 4) is 0 Å². The van der Waals surface area contributed by atoms with E-state index in [0.29, 0.717) is 4.80 Å². The number of hydrogen-bond acceptors (Lipinski definition) is 3. The van der Waals surface area contributed by atoms with Crippen molar-refractivity contribution in [3.63, 3.8) is 0 Å². The quantitative estimate of drug-likeness (QED) is 0.550. The molecule has 0 N–H and O–H groups in total. The van der Waals surface area contributed by atoms with E-state index in [1.807, 2.05) is 35.8 Å². The first-order valence-electron chi connectivity index (χ1n) is 4.31. The topological polar surface area (TPSA) is 46.7 Å². The smallest absolute Gasteiger partial charge is 0.215 e. The molecule has 0 saturated carbocycles. The molecule has 4 nitrogen and oxygen atoms in total. The summed E-state index contributed by atoms with van der Waals surface area (Å²) in [6, 6.07) is 7.96. The molecule has 2 rings (SSSR count). The van der Waals surface area contributed by atoms with E-state index in [2.05, 4.69) is 10.4 Å². The lowest BCUT2D eigenvalue weighted by atomic mass is 10.3. The highest BCUT2D eigenvalue weighted by Gasteiger charge is 2.02. The van der Waals surface area contributed by atoms with E-state index >= 15 is 0 Å². The molecule has 0 fully saturated rings. The second-order valence-electron chi connectivity index (χ2n) is 2.78. The monoisotopic (exact) mass is 207 g/mol. The molecule has 14 heavy (non-hydrogen) atoms. The Morgan fingerprint density at radius 1 is 1.43 bits per heavy atom. The maximum Gasteiger partial charge on any atom is 0.215 e. The first-order valence-corrected chi connectivity index (χ1v) is 5.13. The van der Waals surface area contributed by atoms with Gasteiger partial charge in [-0.05, 0) is 19.1 Å². The summed E-state index contributed by atoms with van der Waals surface area (Å²) in [5, 5.41) is 6.14. The zero-order chi connectivity index (χ0) is 9.97. The molecule has 1 aromatic heterocycles. The van der Waals surface area contributed by atoms with Gasteiger partial charge in [-0.15, -0.1) is 4.91 Å². The minimum absolute atomic E-state index is 0.656. The van der Waals surface area contributed by atoms with Gasteiger partial charge in [-0.2, -0.15) is 0 Å². The summed E-state index contributed by atoms with van der Waals surface area (Å²) in [7, 11) is 0. The molecule has 1 aromatic carbocycles. The fraction of sp³-hybridized carbons (Fsp3) is 0.222. The van der Waals surface area contributed by atoms with Gasteiger partial charge in [0.2, 0.25) is 4.80 Å². The molecule has 0 saturated heterocycles. The molecule has 0 amide bonds. The van der Waals surface area contributed by atoms with Gasteiger partial charge in [0.15, 0.2) is 0 Å². The van der Waals surface area contributed by atoms with E-state index in [-0.39, 0.29) is 0 Å². The summed E-state index contributed by atoms with van der Waals surface area (Å²) < 4.78 is 3.10. The Labute approximate surface area is 84.5 Å². The summed E-state index contributed by atoms with van der Waals surface area (Å²) in [6.45, 7) is 2.81. The minimum Gasteiger partial charge on any atom is -0.315 e. The molecule has 0 radical (unpaired) electrons. The fourth-order valence-corrected chi connectivity index (χ4v) is 2.48. The van der Waals surface area contributed by atoms with Crippen LogP contribution in [-0.2, 0) is 6.54 Å². The van der Waals surface area contributed by atoms with E-state index < -0.39 is 0 Å². The Bertz CT molecular complexity index is 526. The van der Waals surface area contributed by atoms with E-state index in [0.717, 1.165) is 16.8 Å². The van der Waals surface area contributed by atoms with Crippen LogP contribution in [0, 0.1) is 4.91 Å². The van der Waals surface area contributed by atoms with E-state index in [1.54, 1.807) is 0 Å². The lowest BCUT2D eigenvalue weighted by Gasteiger charge is -1.97. The van der Waals surface area contributed by atoms with Gasteiger partial charge in [0.25, 0.3) is 0 Å². The van der Waals surface area contributed by atoms with Crippen molar-refractivity contribution >= 4 is 21.6 Å². The van der Waals surface area contributed by atoms with Crippen LogP contribution >= 0.6 is 11.3 Å². The largest absolute Gasteiger partial charge is 0.315 e. The molecular weight excluding hydrogens is 198 g/mol. The van der Waals surface area contributed by atoms with Gasteiger partial charge in [0.1, 0.15) is 0 Å². The molecule has 0 bridgehead atoms. The van der Waals surface area contributed by atoms with Crippen LogP contribution in [-0.4, -0.2) is 4.57 Å². The molecule has 5 heteroatoms. The van der Waals surface area contributed by atoms with E-state index in [4.69, 9.17) is 0 Å². The number of hydrogen-bond donors (Lipinski definition) is 0. The number of rotatable bonds is 2. The second kappa shape index (κ2) is 3.71. The Kier molecular flexibility index (Phi) is 2.41.